The molecule has 0 fully saturated rings. The maximum Gasteiger partial charge on any atom is 0.573 e. The van der Waals surface area contributed by atoms with Gasteiger partial charge in [0.15, 0.2) is 5.78 Å². The SMILES string of the molecule is O=C(CBr)c1cccc(-c2ccccc2OC(F)(F)F)c1. The lowest BCUT2D eigenvalue weighted by Crippen LogP contribution is -2.17. The van der Waals surface area contributed by atoms with Gasteiger partial charge >= 0.3 is 6.36 Å². The summed E-state index contributed by atoms with van der Waals surface area (Å²) < 4.78 is 41.3. The molecule has 0 N–H and O–H groups in total. The van der Waals surface area contributed by atoms with Crippen molar-refractivity contribution in [3.05, 3.63) is 54.1 Å². The molecular weight excluding hydrogens is 349 g/mol. The summed E-state index contributed by atoms with van der Waals surface area (Å²) in [4.78, 5) is 11.7. The van der Waals surface area contributed by atoms with E-state index in [-0.39, 0.29) is 22.4 Å². The Hall–Kier alpha value is -1.82. The molecule has 110 valence electrons. The Labute approximate surface area is 127 Å². The van der Waals surface area contributed by atoms with E-state index in [1.54, 1.807) is 30.3 Å². The van der Waals surface area contributed by atoms with Gasteiger partial charge in [-0.3, -0.25) is 4.79 Å². The zero-order chi connectivity index (χ0) is 15.5. The van der Waals surface area contributed by atoms with Crippen LogP contribution in [0.4, 0.5) is 13.2 Å². The first kappa shape index (κ1) is 15.6. The summed E-state index contributed by atoms with van der Waals surface area (Å²) in [7, 11) is 0. The fraction of sp³-hybridized carbons (Fsp3) is 0.133. The lowest BCUT2D eigenvalue weighted by Gasteiger charge is -2.13. The van der Waals surface area contributed by atoms with E-state index in [1.807, 2.05) is 0 Å². The molecule has 2 rings (SSSR count). The molecule has 0 heterocycles. The van der Waals surface area contributed by atoms with Crippen molar-refractivity contribution >= 4 is 21.7 Å². The van der Waals surface area contributed by atoms with E-state index < -0.39 is 6.36 Å². The first-order chi connectivity index (χ1) is 9.90. The number of Topliss-reactive ketones (excluding diaryl/α,β-unsaturated/α-hetero) is 1. The van der Waals surface area contributed by atoms with Crippen molar-refractivity contribution in [1.29, 1.82) is 0 Å². The summed E-state index contributed by atoms with van der Waals surface area (Å²) in [5, 5.41) is 0.150. The Morgan fingerprint density at radius 1 is 1.10 bits per heavy atom. The fourth-order valence-corrected chi connectivity index (χ4v) is 2.18. The summed E-state index contributed by atoms with van der Waals surface area (Å²) >= 11 is 3.06. The first-order valence-electron chi connectivity index (χ1n) is 5.95. The van der Waals surface area contributed by atoms with Crippen molar-refractivity contribution in [2.45, 2.75) is 6.36 Å². The summed E-state index contributed by atoms with van der Waals surface area (Å²) in [5.41, 5.74) is 1.19. The Morgan fingerprint density at radius 2 is 1.81 bits per heavy atom. The Kier molecular flexibility index (Phi) is 4.67. The van der Waals surface area contributed by atoms with E-state index >= 15 is 0 Å². The van der Waals surface area contributed by atoms with Gasteiger partial charge in [-0.2, -0.15) is 0 Å². The molecule has 0 atom stereocenters. The highest BCUT2D eigenvalue weighted by molar-refractivity contribution is 9.09. The van der Waals surface area contributed by atoms with Crippen LogP contribution >= 0.6 is 15.9 Å². The molecule has 0 unspecified atom stereocenters. The first-order valence-corrected chi connectivity index (χ1v) is 7.07. The highest BCUT2D eigenvalue weighted by Gasteiger charge is 2.32. The number of hydrogen-bond acceptors (Lipinski definition) is 2. The standard InChI is InChI=1S/C15H10BrF3O2/c16-9-13(20)11-5-3-4-10(8-11)12-6-1-2-7-14(12)21-15(17,18)19/h1-8H,9H2. The quantitative estimate of drug-likeness (QED) is 0.577. The molecule has 6 heteroatoms. The maximum absolute atomic E-state index is 12.4. The van der Waals surface area contributed by atoms with Crippen LogP contribution in [0.15, 0.2) is 48.5 Å². The number of carbonyl (C=O) groups is 1. The van der Waals surface area contributed by atoms with Gasteiger partial charge in [-0.05, 0) is 17.7 Å². The second-order valence-electron chi connectivity index (χ2n) is 4.18. The molecule has 21 heavy (non-hydrogen) atoms. The molecule has 2 nitrogen and oxygen atoms in total. The van der Waals surface area contributed by atoms with E-state index in [2.05, 4.69) is 20.7 Å². The fourth-order valence-electron chi connectivity index (χ4n) is 1.86. The lowest BCUT2D eigenvalue weighted by molar-refractivity contribution is -0.274. The second kappa shape index (κ2) is 6.30. The van der Waals surface area contributed by atoms with Gasteiger partial charge in [-0.15, -0.1) is 13.2 Å². The minimum absolute atomic E-state index is 0.147. The number of alkyl halides is 4. The van der Waals surface area contributed by atoms with Crippen molar-refractivity contribution in [1.82, 2.24) is 0 Å². The molecule has 0 spiro atoms. The van der Waals surface area contributed by atoms with E-state index in [1.165, 1.54) is 18.2 Å². The number of hydrogen-bond donors (Lipinski definition) is 0. The zero-order valence-electron chi connectivity index (χ0n) is 10.7. The van der Waals surface area contributed by atoms with Gasteiger partial charge in [-0.1, -0.05) is 52.3 Å². The molecular formula is C15H10BrF3O2. The van der Waals surface area contributed by atoms with Crippen molar-refractivity contribution in [3.63, 3.8) is 0 Å². The van der Waals surface area contributed by atoms with Gasteiger partial charge in [-0.25, -0.2) is 0 Å². The maximum atomic E-state index is 12.4. The van der Waals surface area contributed by atoms with E-state index in [0.29, 0.717) is 11.1 Å². The number of halogens is 4. The van der Waals surface area contributed by atoms with Crippen molar-refractivity contribution in [3.8, 4) is 16.9 Å². The van der Waals surface area contributed by atoms with Crippen LogP contribution in [0.25, 0.3) is 11.1 Å². The summed E-state index contributed by atoms with van der Waals surface area (Å²) in [5.74, 6) is -0.445. The highest BCUT2D eigenvalue weighted by atomic mass is 79.9. The van der Waals surface area contributed by atoms with Gasteiger partial charge in [0.2, 0.25) is 0 Å². The molecule has 0 aliphatic rings. The topological polar surface area (TPSA) is 26.3 Å². The van der Waals surface area contributed by atoms with Gasteiger partial charge in [0.25, 0.3) is 0 Å². The van der Waals surface area contributed by atoms with Gasteiger partial charge in [0.05, 0.1) is 5.33 Å². The highest BCUT2D eigenvalue weighted by Crippen LogP contribution is 2.34. The number of ether oxygens (including phenoxy) is 1. The third-order valence-electron chi connectivity index (χ3n) is 2.73. The molecule has 2 aromatic carbocycles. The second-order valence-corrected chi connectivity index (χ2v) is 4.74. The largest absolute Gasteiger partial charge is 0.573 e. The molecule has 0 aromatic heterocycles. The molecule has 0 aliphatic heterocycles. The summed E-state index contributed by atoms with van der Waals surface area (Å²) in [6, 6.07) is 12.2. The van der Waals surface area contributed by atoms with E-state index in [0.717, 1.165) is 0 Å². The number of benzene rings is 2. The lowest BCUT2D eigenvalue weighted by atomic mass is 10.0. The third-order valence-corrected chi connectivity index (χ3v) is 3.24. The van der Waals surface area contributed by atoms with Crippen molar-refractivity contribution < 1.29 is 22.7 Å². The zero-order valence-corrected chi connectivity index (χ0v) is 12.2. The van der Waals surface area contributed by atoms with Gasteiger partial charge in [0, 0.05) is 11.1 Å². The van der Waals surface area contributed by atoms with Gasteiger partial charge in [0.1, 0.15) is 5.75 Å². The van der Waals surface area contributed by atoms with E-state index in [9.17, 15) is 18.0 Å². The number of para-hydroxylation sites is 1. The number of ketones is 1. The van der Waals surface area contributed by atoms with E-state index in [4.69, 9.17) is 0 Å². The predicted octanol–water partition coefficient (Wildman–Crippen LogP) is 4.83. The van der Waals surface area contributed by atoms with Crippen molar-refractivity contribution in [2.24, 2.45) is 0 Å². The minimum Gasteiger partial charge on any atom is -0.405 e. The normalized spacial score (nSPS) is 11.2. The molecule has 0 amide bonds. The molecule has 0 radical (unpaired) electrons. The van der Waals surface area contributed by atoms with Crippen LogP contribution in [0, 0.1) is 0 Å². The number of carbonyl (C=O) groups excluding carboxylic acids is 1. The van der Waals surface area contributed by atoms with Crippen molar-refractivity contribution in [2.75, 3.05) is 5.33 Å². The van der Waals surface area contributed by atoms with Crippen LogP contribution in [-0.4, -0.2) is 17.5 Å². The summed E-state index contributed by atoms with van der Waals surface area (Å²) in [6.45, 7) is 0. The molecule has 0 aliphatic carbocycles. The van der Waals surface area contributed by atoms with Crippen LogP contribution in [0.3, 0.4) is 0 Å². The third kappa shape index (κ3) is 4.07. The monoisotopic (exact) mass is 358 g/mol. The van der Waals surface area contributed by atoms with Crippen LogP contribution in [-0.2, 0) is 0 Å². The molecule has 0 bridgehead atoms. The minimum atomic E-state index is -4.76. The average molecular weight is 359 g/mol. The average Bonchev–Trinajstić information content (AvgIpc) is 2.45. The smallest absolute Gasteiger partial charge is 0.405 e. The Balaban J connectivity index is 2.45. The van der Waals surface area contributed by atoms with Gasteiger partial charge < -0.3 is 4.74 Å². The van der Waals surface area contributed by atoms with Crippen LogP contribution in [0.2, 0.25) is 0 Å². The van der Waals surface area contributed by atoms with Crippen LogP contribution in [0.5, 0.6) is 5.75 Å². The van der Waals surface area contributed by atoms with Crippen LogP contribution < -0.4 is 4.74 Å². The summed E-state index contributed by atoms with van der Waals surface area (Å²) in [6.07, 6.45) is -4.76. The molecule has 2 aromatic rings. The van der Waals surface area contributed by atoms with Crippen LogP contribution in [0.1, 0.15) is 10.4 Å². The number of rotatable bonds is 4. The predicted molar refractivity (Wildman–Crippen MR) is 76.7 cm³/mol. The Morgan fingerprint density at radius 3 is 2.48 bits per heavy atom. The molecule has 0 saturated heterocycles. The Bertz CT molecular complexity index is 653. The molecule has 0 saturated carbocycles.